The van der Waals surface area contributed by atoms with Crippen molar-refractivity contribution in [3.8, 4) is 0 Å². The molecule has 0 aromatic carbocycles. The number of nitrogens with zero attached hydrogens (tertiary/aromatic N) is 1. The van der Waals surface area contributed by atoms with Gasteiger partial charge in [0, 0.05) is 0 Å². The number of hydrogen-bond donors (Lipinski definition) is 0. The van der Waals surface area contributed by atoms with E-state index >= 15 is 0 Å². The lowest BCUT2D eigenvalue weighted by Gasteiger charge is -2.24. The van der Waals surface area contributed by atoms with E-state index in [-0.39, 0.29) is 0 Å². The van der Waals surface area contributed by atoms with E-state index in [1.807, 2.05) is 6.92 Å². The molecule has 1 saturated carbocycles. The van der Waals surface area contributed by atoms with E-state index in [4.69, 9.17) is 0 Å². The van der Waals surface area contributed by atoms with E-state index in [2.05, 4.69) is 73.9 Å². The zero-order chi connectivity index (χ0) is 38.7. The lowest BCUT2D eigenvalue weighted by atomic mass is 9.82. The highest BCUT2D eigenvalue weighted by molar-refractivity contribution is 4.70. The van der Waals surface area contributed by atoms with Crippen molar-refractivity contribution in [1.82, 2.24) is 4.90 Å². The van der Waals surface area contributed by atoms with Crippen LogP contribution in [0.4, 0.5) is 0 Å². The molecule has 1 aliphatic carbocycles. The van der Waals surface area contributed by atoms with Crippen LogP contribution >= 0.6 is 0 Å². The van der Waals surface area contributed by atoms with E-state index < -0.39 is 0 Å². The Kier molecular flexibility index (Phi) is 49.5. The summed E-state index contributed by atoms with van der Waals surface area (Å²) in [5.74, 6) is 2.14. The minimum Gasteiger partial charge on any atom is -0.306 e. The molecule has 0 aromatic heterocycles. The molecule has 0 heterocycles. The topological polar surface area (TPSA) is 3.24 Å². The summed E-state index contributed by atoms with van der Waals surface area (Å²) in [5.41, 5.74) is 0.567. The van der Waals surface area contributed by atoms with Crippen LogP contribution in [-0.2, 0) is 0 Å². The Morgan fingerprint density at radius 3 is 1.16 bits per heavy atom. The summed E-state index contributed by atoms with van der Waals surface area (Å²) in [5, 5.41) is 0. The Morgan fingerprint density at radius 1 is 0.549 bits per heavy atom. The molecule has 51 heavy (non-hydrogen) atoms. The summed E-state index contributed by atoms with van der Waals surface area (Å²) in [7, 11) is 2.35. The van der Waals surface area contributed by atoms with E-state index in [0.717, 1.165) is 11.8 Å². The van der Waals surface area contributed by atoms with Crippen LogP contribution in [0.2, 0.25) is 0 Å². The van der Waals surface area contributed by atoms with Crippen molar-refractivity contribution < 1.29 is 0 Å². The predicted molar refractivity (Wildman–Crippen MR) is 241 cm³/mol. The average molecular weight is 720 g/mol. The van der Waals surface area contributed by atoms with Crippen molar-refractivity contribution >= 4 is 0 Å². The van der Waals surface area contributed by atoms with E-state index in [9.17, 15) is 0 Å². The van der Waals surface area contributed by atoms with Gasteiger partial charge in [0.2, 0.25) is 0 Å². The van der Waals surface area contributed by atoms with Crippen LogP contribution in [-0.4, -0.2) is 25.0 Å². The standard InChI is InChI=1S/C39H81N.C5H10.C3H8.C3H6/c1-7-10-12-14-16-22-28-34-39(4,5)35-29-23-17-18-24-30-36-40(6)37-31-25-19-21-27-33-38(9-3)32-26-20-15-13-11-8-2;1-2-5-3-4-5;2*1-3-2/h38H,7-37H2,1-6H3;5H,2-4H2,1H3;3H2,1-2H3;3H,1H2,2H3. The molecule has 1 unspecified atom stereocenters. The minimum atomic E-state index is 0.567. The fourth-order valence-corrected chi connectivity index (χ4v) is 7.13. The minimum absolute atomic E-state index is 0.567. The number of unbranched alkanes of at least 4 members (excludes halogenated alkanes) is 20. The molecule has 0 aromatic rings. The van der Waals surface area contributed by atoms with Crippen LogP contribution in [0.3, 0.4) is 0 Å². The first kappa shape index (κ1) is 55.0. The normalized spacial score (nSPS) is 13.1. The first-order chi connectivity index (χ1) is 24.7. The third-order valence-electron chi connectivity index (χ3n) is 11.1. The lowest BCUT2D eigenvalue weighted by molar-refractivity contribution is 0.281. The smallest absolute Gasteiger partial charge is 0.00218 e. The Hall–Kier alpha value is -0.300. The van der Waals surface area contributed by atoms with Gasteiger partial charge in [-0.25, -0.2) is 0 Å². The number of allylic oxidation sites excluding steroid dienone is 1. The predicted octanol–water partition coefficient (Wildman–Crippen LogP) is 18.3. The van der Waals surface area contributed by atoms with Gasteiger partial charge in [0.15, 0.2) is 0 Å². The summed E-state index contributed by atoms with van der Waals surface area (Å²) in [4.78, 5) is 2.60. The average Bonchev–Trinajstić information content (AvgIpc) is 3.95. The summed E-state index contributed by atoms with van der Waals surface area (Å²) in [6.07, 6.45) is 49.3. The Morgan fingerprint density at radius 2 is 0.863 bits per heavy atom. The largest absolute Gasteiger partial charge is 0.306 e. The second kappa shape index (κ2) is 45.9. The molecule has 1 heteroatoms. The van der Waals surface area contributed by atoms with Crippen LogP contribution in [0.25, 0.3) is 0 Å². The molecule has 1 rings (SSSR count). The summed E-state index contributed by atoms with van der Waals surface area (Å²) in [6.45, 7) is 26.4. The molecule has 0 radical (unpaired) electrons. The SMILES string of the molecule is C=CC.CCC.CCC1CC1.CCCCCCCCCC(C)(C)CCCCCCCCN(C)CCCCCCCC(CC)CCCCCCCC. The third kappa shape index (κ3) is 51.9. The van der Waals surface area contributed by atoms with Crippen molar-refractivity contribution in [1.29, 1.82) is 0 Å². The lowest BCUT2D eigenvalue weighted by Crippen LogP contribution is -2.20. The highest BCUT2D eigenvalue weighted by Crippen LogP contribution is 2.32. The van der Waals surface area contributed by atoms with E-state index in [1.54, 1.807) is 6.08 Å². The molecule has 310 valence electrons. The number of rotatable bonds is 34. The summed E-state index contributed by atoms with van der Waals surface area (Å²) < 4.78 is 0. The Labute approximate surface area is 328 Å². The van der Waals surface area contributed by atoms with Crippen molar-refractivity contribution in [2.24, 2.45) is 17.3 Å². The van der Waals surface area contributed by atoms with Gasteiger partial charge in [-0.2, -0.15) is 0 Å². The van der Waals surface area contributed by atoms with Gasteiger partial charge >= 0.3 is 0 Å². The molecular weight excluding hydrogens is 615 g/mol. The summed E-state index contributed by atoms with van der Waals surface area (Å²) >= 11 is 0. The van der Waals surface area contributed by atoms with Gasteiger partial charge in [0.1, 0.15) is 0 Å². The van der Waals surface area contributed by atoms with E-state index in [1.165, 1.54) is 225 Å². The first-order valence-corrected chi connectivity index (χ1v) is 24.0. The van der Waals surface area contributed by atoms with Gasteiger partial charge in [-0.3, -0.25) is 0 Å². The molecule has 1 aliphatic rings. The fourth-order valence-electron chi connectivity index (χ4n) is 7.13. The van der Waals surface area contributed by atoms with Crippen LogP contribution in [0, 0.1) is 17.3 Å². The second-order valence-corrected chi connectivity index (χ2v) is 17.6. The molecule has 0 amide bonds. The quantitative estimate of drug-likeness (QED) is 0.0473. The highest BCUT2D eigenvalue weighted by atomic mass is 15.1. The van der Waals surface area contributed by atoms with Gasteiger partial charge in [-0.15, -0.1) is 6.58 Å². The van der Waals surface area contributed by atoms with Crippen LogP contribution < -0.4 is 0 Å². The zero-order valence-electron chi connectivity index (χ0n) is 38.1. The molecule has 0 bridgehead atoms. The van der Waals surface area contributed by atoms with Crippen LogP contribution in [0.1, 0.15) is 274 Å². The molecule has 0 N–H and O–H groups in total. The molecule has 0 saturated heterocycles. The zero-order valence-corrected chi connectivity index (χ0v) is 38.1. The van der Waals surface area contributed by atoms with E-state index in [0.29, 0.717) is 5.41 Å². The molecular formula is C50H105N. The molecule has 1 nitrogen and oxygen atoms in total. The fraction of sp³-hybridized carbons (Fsp3) is 0.960. The van der Waals surface area contributed by atoms with Crippen LogP contribution in [0.15, 0.2) is 12.7 Å². The maximum Gasteiger partial charge on any atom is -0.00218 e. The molecule has 1 fully saturated rings. The molecule has 0 spiro atoms. The Bertz CT molecular complexity index is 604. The molecule has 1 atom stereocenters. The van der Waals surface area contributed by atoms with Crippen molar-refractivity contribution in [2.75, 3.05) is 20.1 Å². The van der Waals surface area contributed by atoms with Gasteiger partial charge < -0.3 is 4.90 Å². The molecule has 0 aliphatic heterocycles. The van der Waals surface area contributed by atoms with Crippen molar-refractivity contribution in [3.05, 3.63) is 12.7 Å². The first-order valence-electron chi connectivity index (χ1n) is 24.0. The maximum atomic E-state index is 3.36. The van der Waals surface area contributed by atoms with Crippen molar-refractivity contribution in [2.45, 2.75) is 274 Å². The third-order valence-corrected chi connectivity index (χ3v) is 11.1. The van der Waals surface area contributed by atoms with Crippen LogP contribution in [0.5, 0.6) is 0 Å². The maximum absolute atomic E-state index is 3.36. The van der Waals surface area contributed by atoms with Gasteiger partial charge in [-0.05, 0) is 70.0 Å². The second-order valence-electron chi connectivity index (χ2n) is 17.6. The van der Waals surface area contributed by atoms with Crippen molar-refractivity contribution in [3.63, 3.8) is 0 Å². The number of hydrogen-bond acceptors (Lipinski definition) is 1. The summed E-state index contributed by atoms with van der Waals surface area (Å²) in [6, 6.07) is 0. The highest BCUT2D eigenvalue weighted by Gasteiger charge is 2.17. The van der Waals surface area contributed by atoms with Gasteiger partial charge in [0.05, 0.1) is 0 Å². The van der Waals surface area contributed by atoms with Gasteiger partial charge in [0.25, 0.3) is 0 Å². The van der Waals surface area contributed by atoms with Gasteiger partial charge in [-0.1, -0.05) is 248 Å². The Balaban J connectivity index is -0.00000179. The monoisotopic (exact) mass is 720 g/mol.